The number of nitrogens with one attached hydrogen (secondary N) is 1. The standard InChI is InChI=1S/C22H26F2N6S/c1-3-8-29(10-7-23)20-13-26-19(12-27-20)22-28-18-6-9-30(14(2)21(18)31-22)15-4-5-16(24)17(25)11-15/h4-5,11-13,22,28H,2-3,6-10,25H2,1H3. The highest BCUT2D eigenvalue weighted by atomic mass is 32.2. The predicted molar refractivity (Wildman–Crippen MR) is 123 cm³/mol. The number of thioether (sulfide) groups is 1. The van der Waals surface area contributed by atoms with Gasteiger partial charge in [-0.25, -0.2) is 13.8 Å². The van der Waals surface area contributed by atoms with Crippen LogP contribution in [0.25, 0.3) is 0 Å². The Morgan fingerprint density at radius 2 is 2.16 bits per heavy atom. The number of aromatic nitrogens is 2. The summed E-state index contributed by atoms with van der Waals surface area (Å²) < 4.78 is 26.4. The topological polar surface area (TPSA) is 70.3 Å². The van der Waals surface area contributed by atoms with Crippen molar-refractivity contribution in [3.63, 3.8) is 0 Å². The minimum Gasteiger partial charge on any atom is -0.396 e. The van der Waals surface area contributed by atoms with Crippen LogP contribution in [0.2, 0.25) is 0 Å². The first kappa shape index (κ1) is 21.4. The molecule has 9 heteroatoms. The minimum absolute atomic E-state index is 0.0673. The van der Waals surface area contributed by atoms with Gasteiger partial charge in [0.15, 0.2) is 0 Å². The first-order chi connectivity index (χ1) is 15.0. The number of nitrogens with zero attached hydrogens (tertiary/aromatic N) is 4. The highest BCUT2D eigenvalue weighted by Crippen LogP contribution is 2.47. The molecule has 6 nitrogen and oxygen atoms in total. The number of nitrogen functional groups attached to an aromatic ring is 1. The summed E-state index contributed by atoms with van der Waals surface area (Å²) in [6, 6.07) is 4.74. The molecule has 4 rings (SSSR count). The Morgan fingerprint density at radius 3 is 2.84 bits per heavy atom. The molecule has 0 amide bonds. The van der Waals surface area contributed by atoms with Crippen LogP contribution in [-0.2, 0) is 0 Å². The second-order valence-corrected chi connectivity index (χ2v) is 8.59. The van der Waals surface area contributed by atoms with Crippen molar-refractivity contribution in [2.75, 3.05) is 41.8 Å². The molecular weight excluding hydrogens is 418 g/mol. The van der Waals surface area contributed by atoms with Gasteiger partial charge in [0.1, 0.15) is 23.7 Å². The van der Waals surface area contributed by atoms with E-state index in [1.165, 1.54) is 6.07 Å². The summed E-state index contributed by atoms with van der Waals surface area (Å²) in [5.41, 5.74) is 9.49. The number of hydrogen-bond donors (Lipinski definition) is 2. The van der Waals surface area contributed by atoms with E-state index in [1.54, 1.807) is 36.3 Å². The van der Waals surface area contributed by atoms with Crippen LogP contribution in [0.4, 0.5) is 26.0 Å². The molecule has 3 N–H and O–H groups in total. The van der Waals surface area contributed by atoms with Crippen molar-refractivity contribution < 1.29 is 8.78 Å². The van der Waals surface area contributed by atoms with Crippen LogP contribution in [0.3, 0.4) is 0 Å². The van der Waals surface area contributed by atoms with E-state index in [4.69, 9.17) is 5.73 Å². The van der Waals surface area contributed by atoms with Gasteiger partial charge in [-0.05, 0) is 24.6 Å². The van der Waals surface area contributed by atoms with E-state index in [-0.39, 0.29) is 11.1 Å². The second kappa shape index (κ2) is 9.13. The van der Waals surface area contributed by atoms with E-state index < -0.39 is 12.5 Å². The van der Waals surface area contributed by atoms with Crippen LogP contribution in [0.15, 0.2) is 53.5 Å². The second-order valence-electron chi connectivity index (χ2n) is 7.48. The van der Waals surface area contributed by atoms with E-state index in [2.05, 4.69) is 33.7 Å². The molecule has 1 aromatic heterocycles. The lowest BCUT2D eigenvalue weighted by Gasteiger charge is -2.31. The fraction of sp³-hybridized carbons (Fsp3) is 0.364. The molecule has 0 bridgehead atoms. The third-order valence-electron chi connectivity index (χ3n) is 5.38. The molecule has 1 unspecified atom stereocenters. The van der Waals surface area contributed by atoms with Crippen LogP contribution in [0.5, 0.6) is 0 Å². The Morgan fingerprint density at radius 1 is 1.32 bits per heavy atom. The Kier molecular flexibility index (Phi) is 6.31. The van der Waals surface area contributed by atoms with Gasteiger partial charge in [0.25, 0.3) is 0 Å². The Bertz CT molecular complexity index is 988. The average molecular weight is 445 g/mol. The van der Waals surface area contributed by atoms with Crippen LogP contribution in [-0.4, -0.2) is 36.3 Å². The fourth-order valence-corrected chi connectivity index (χ4v) is 5.04. The van der Waals surface area contributed by atoms with E-state index in [9.17, 15) is 8.78 Å². The SMILES string of the molecule is C=C1C2=C(CCN1c1ccc(F)c(N)c1)NC(c1cnc(N(CCC)CCF)cn1)S2. The highest BCUT2D eigenvalue weighted by molar-refractivity contribution is 8.03. The molecule has 2 aliphatic rings. The molecule has 0 saturated carbocycles. The predicted octanol–water partition coefficient (Wildman–Crippen LogP) is 4.35. The molecule has 1 aromatic carbocycles. The first-order valence-electron chi connectivity index (χ1n) is 10.3. The number of hydrogen-bond acceptors (Lipinski definition) is 7. The van der Waals surface area contributed by atoms with E-state index in [1.807, 2.05) is 4.90 Å². The molecule has 0 spiro atoms. The number of alkyl halides is 1. The largest absolute Gasteiger partial charge is 0.396 e. The number of anilines is 3. The number of nitrogens with two attached hydrogens (primary N) is 1. The molecular formula is C22H26F2N6S. The normalized spacial score (nSPS) is 18.2. The van der Waals surface area contributed by atoms with Crippen LogP contribution < -0.4 is 20.9 Å². The lowest BCUT2D eigenvalue weighted by molar-refractivity contribution is 0.488. The van der Waals surface area contributed by atoms with Gasteiger partial charge in [-0.1, -0.05) is 25.3 Å². The van der Waals surface area contributed by atoms with Crippen LogP contribution >= 0.6 is 11.8 Å². The van der Waals surface area contributed by atoms with Crippen LogP contribution in [0.1, 0.15) is 30.8 Å². The fourth-order valence-electron chi connectivity index (χ4n) is 3.81. The smallest absolute Gasteiger partial charge is 0.147 e. The first-order valence-corrected chi connectivity index (χ1v) is 11.2. The lowest BCUT2D eigenvalue weighted by atomic mass is 10.1. The lowest BCUT2D eigenvalue weighted by Crippen LogP contribution is -2.29. The van der Waals surface area contributed by atoms with Crippen molar-refractivity contribution >= 4 is 29.0 Å². The maximum atomic E-state index is 13.6. The van der Waals surface area contributed by atoms with Gasteiger partial charge in [-0.2, -0.15) is 0 Å². The van der Waals surface area contributed by atoms with Gasteiger partial charge in [0.2, 0.25) is 0 Å². The van der Waals surface area contributed by atoms with Gasteiger partial charge in [0, 0.05) is 43.1 Å². The minimum atomic E-state index is -0.422. The molecule has 3 heterocycles. The van der Waals surface area contributed by atoms with Crippen molar-refractivity contribution in [3.05, 3.63) is 65.0 Å². The van der Waals surface area contributed by atoms with Gasteiger partial charge >= 0.3 is 0 Å². The summed E-state index contributed by atoms with van der Waals surface area (Å²) in [6.45, 7) is 7.69. The molecule has 2 aliphatic heterocycles. The van der Waals surface area contributed by atoms with E-state index in [0.717, 1.165) is 53.6 Å². The van der Waals surface area contributed by atoms with Gasteiger partial charge in [-0.3, -0.25) is 4.98 Å². The van der Waals surface area contributed by atoms with Gasteiger partial charge < -0.3 is 20.9 Å². The van der Waals surface area contributed by atoms with Crippen molar-refractivity contribution in [1.82, 2.24) is 15.3 Å². The summed E-state index contributed by atoms with van der Waals surface area (Å²) in [5.74, 6) is 0.266. The molecule has 0 fully saturated rings. The third kappa shape index (κ3) is 4.32. The summed E-state index contributed by atoms with van der Waals surface area (Å²) in [6.07, 6.45) is 5.18. The molecule has 2 aromatic rings. The molecule has 1 atom stereocenters. The summed E-state index contributed by atoms with van der Waals surface area (Å²) in [4.78, 5) is 14.1. The summed E-state index contributed by atoms with van der Waals surface area (Å²) in [7, 11) is 0. The molecule has 0 saturated heterocycles. The van der Waals surface area contributed by atoms with Gasteiger partial charge in [-0.15, -0.1) is 0 Å². The molecule has 0 radical (unpaired) electrons. The Hall–Kier alpha value is -2.81. The maximum absolute atomic E-state index is 13.6. The summed E-state index contributed by atoms with van der Waals surface area (Å²) >= 11 is 1.64. The molecule has 164 valence electrons. The van der Waals surface area contributed by atoms with Crippen molar-refractivity contribution in [3.8, 4) is 0 Å². The highest BCUT2D eigenvalue weighted by Gasteiger charge is 2.33. The molecule has 31 heavy (non-hydrogen) atoms. The maximum Gasteiger partial charge on any atom is 0.147 e. The zero-order valence-electron chi connectivity index (χ0n) is 17.4. The Labute approximate surface area is 185 Å². The number of rotatable bonds is 7. The van der Waals surface area contributed by atoms with Crippen molar-refractivity contribution in [1.29, 1.82) is 0 Å². The van der Waals surface area contributed by atoms with Crippen LogP contribution in [0, 0.1) is 5.82 Å². The van der Waals surface area contributed by atoms with Gasteiger partial charge in [0.05, 0.1) is 28.7 Å². The zero-order valence-corrected chi connectivity index (χ0v) is 18.3. The third-order valence-corrected chi connectivity index (χ3v) is 6.69. The summed E-state index contributed by atoms with van der Waals surface area (Å²) in [5, 5.41) is 3.46. The molecule has 0 aliphatic carbocycles. The van der Waals surface area contributed by atoms with E-state index in [0.29, 0.717) is 12.4 Å². The number of benzene rings is 1. The zero-order chi connectivity index (χ0) is 22.0. The average Bonchev–Trinajstić information content (AvgIpc) is 3.21. The Balaban J connectivity index is 1.47. The number of halogens is 2. The van der Waals surface area contributed by atoms with Crippen molar-refractivity contribution in [2.24, 2.45) is 0 Å². The van der Waals surface area contributed by atoms with E-state index >= 15 is 0 Å². The van der Waals surface area contributed by atoms with Crippen molar-refractivity contribution in [2.45, 2.75) is 25.1 Å². The monoisotopic (exact) mass is 444 g/mol. The quantitative estimate of drug-likeness (QED) is 0.615.